The Morgan fingerprint density at radius 1 is 0.974 bits per heavy atom. The third kappa shape index (κ3) is 7.81. The number of nitrogens with one attached hydrogen (secondary N) is 2. The topological polar surface area (TPSA) is 118 Å². The molecule has 4 N–H and O–H groups in total. The molecule has 0 bridgehead atoms. The lowest BCUT2D eigenvalue weighted by molar-refractivity contribution is 0.102. The van der Waals surface area contributed by atoms with E-state index in [-0.39, 0.29) is 23.8 Å². The summed E-state index contributed by atoms with van der Waals surface area (Å²) >= 11 is 0. The molecule has 1 aliphatic heterocycles. The van der Waals surface area contributed by atoms with Gasteiger partial charge in [0.1, 0.15) is 0 Å². The van der Waals surface area contributed by atoms with Gasteiger partial charge in [-0.05, 0) is 67.6 Å². The molecule has 3 heterocycles. The molecule has 0 unspecified atom stereocenters. The van der Waals surface area contributed by atoms with Gasteiger partial charge >= 0.3 is 0 Å². The third-order valence-electron chi connectivity index (χ3n) is 6.57. The van der Waals surface area contributed by atoms with E-state index in [1.807, 2.05) is 67.6 Å². The van der Waals surface area contributed by atoms with Crippen molar-refractivity contribution in [2.75, 3.05) is 43.9 Å². The van der Waals surface area contributed by atoms with Crippen molar-refractivity contribution in [2.24, 2.45) is 0 Å². The van der Waals surface area contributed by atoms with Crippen LogP contribution in [0.15, 0.2) is 79.3 Å². The van der Waals surface area contributed by atoms with Crippen LogP contribution in [0.3, 0.4) is 0 Å². The zero-order valence-corrected chi connectivity index (χ0v) is 22.9. The monoisotopic (exact) mass is 547 g/mol. The van der Waals surface area contributed by atoms with Crippen molar-refractivity contribution < 1.29 is 10.3 Å². The minimum Gasteiger partial charge on any atom is -0.412 e. The average Bonchev–Trinajstić information content (AvgIpc) is 2.93. The molecule has 9 nitrogen and oxygen atoms in total. The molecule has 0 atom stereocenters. The molecule has 0 saturated carbocycles. The standard InChI is InChI=1S/C29H31N7O.ClH.H2O/c1-21-5-10-25(18-27(21)34-29-31-13-11-26(33-29)24-4-3-12-30-19-24)32-28(37)23-8-6-22(7-9-23)20-36-16-14-35(2)15-17-36;;/h3-13,18-19H,14-17,20H2,1-2H3,(H,32,37)(H,31,33,34);1H;1H2. The second-order valence-electron chi connectivity index (χ2n) is 9.39. The molecule has 10 heteroatoms. The van der Waals surface area contributed by atoms with Crippen LogP contribution in [0.1, 0.15) is 21.5 Å². The molecule has 5 rings (SSSR count). The number of amides is 1. The van der Waals surface area contributed by atoms with Gasteiger partial charge in [0.2, 0.25) is 5.95 Å². The van der Waals surface area contributed by atoms with E-state index in [1.54, 1.807) is 18.6 Å². The van der Waals surface area contributed by atoms with Gasteiger partial charge in [-0.15, -0.1) is 12.4 Å². The summed E-state index contributed by atoms with van der Waals surface area (Å²) in [5.41, 5.74) is 6.08. The summed E-state index contributed by atoms with van der Waals surface area (Å²) in [6.45, 7) is 7.24. The maximum atomic E-state index is 12.9. The molecule has 2 aromatic heterocycles. The van der Waals surface area contributed by atoms with Gasteiger partial charge in [0.05, 0.1) is 5.69 Å². The van der Waals surface area contributed by atoms with E-state index >= 15 is 0 Å². The van der Waals surface area contributed by atoms with Crippen molar-refractivity contribution in [1.82, 2.24) is 24.8 Å². The van der Waals surface area contributed by atoms with Crippen LogP contribution in [-0.4, -0.2) is 69.4 Å². The van der Waals surface area contributed by atoms with Crippen LogP contribution < -0.4 is 10.6 Å². The van der Waals surface area contributed by atoms with Crippen LogP contribution in [0.25, 0.3) is 11.3 Å². The minimum atomic E-state index is -0.143. The second-order valence-corrected chi connectivity index (χ2v) is 9.39. The van der Waals surface area contributed by atoms with Crippen molar-refractivity contribution in [3.63, 3.8) is 0 Å². The molecule has 0 radical (unpaired) electrons. The first-order valence-electron chi connectivity index (χ1n) is 12.5. The van der Waals surface area contributed by atoms with Crippen LogP contribution in [0.4, 0.5) is 17.3 Å². The number of hydrogen-bond acceptors (Lipinski definition) is 7. The quantitative estimate of drug-likeness (QED) is 0.356. The van der Waals surface area contributed by atoms with Crippen molar-refractivity contribution in [3.8, 4) is 11.3 Å². The first kappa shape index (κ1) is 29.7. The molecule has 2 aromatic carbocycles. The van der Waals surface area contributed by atoms with E-state index in [0.29, 0.717) is 17.2 Å². The van der Waals surface area contributed by atoms with Crippen molar-refractivity contribution in [3.05, 3.63) is 95.9 Å². The van der Waals surface area contributed by atoms with Crippen molar-refractivity contribution in [1.29, 1.82) is 0 Å². The van der Waals surface area contributed by atoms with Gasteiger partial charge in [0.15, 0.2) is 0 Å². The molecular weight excluding hydrogens is 514 g/mol. The number of aryl methyl sites for hydroxylation is 1. The Balaban J connectivity index is 0.00000210. The molecule has 1 aliphatic rings. The molecule has 204 valence electrons. The Labute approximate surface area is 235 Å². The number of anilines is 3. The summed E-state index contributed by atoms with van der Waals surface area (Å²) in [4.78, 5) is 30.9. The van der Waals surface area contributed by atoms with E-state index in [0.717, 1.165) is 55.2 Å². The summed E-state index contributed by atoms with van der Waals surface area (Å²) in [5.74, 6) is 0.333. The number of pyridine rings is 1. The molecular formula is C29H34ClN7O2. The fourth-order valence-electron chi connectivity index (χ4n) is 4.28. The fraction of sp³-hybridized carbons (Fsp3) is 0.241. The Kier molecular flexibility index (Phi) is 10.5. The molecule has 1 amide bonds. The Hall–Kier alpha value is -3.89. The van der Waals surface area contributed by atoms with Gasteiger partial charge in [0.25, 0.3) is 5.91 Å². The Morgan fingerprint density at radius 3 is 2.46 bits per heavy atom. The average molecular weight is 548 g/mol. The maximum Gasteiger partial charge on any atom is 0.255 e. The summed E-state index contributed by atoms with van der Waals surface area (Å²) < 4.78 is 0. The summed E-state index contributed by atoms with van der Waals surface area (Å²) in [6, 6.07) is 19.3. The first-order valence-corrected chi connectivity index (χ1v) is 12.5. The Bertz CT molecular complexity index is 1360. The van der Waals surface area contributed by atoms with Gasteiger partial charge in [-0.2, -0.15) is 0 Å². The largest absolute Gasteiger partial charge is 0.412 e. The zero-order valence-electron chi connectivity index (χ0n) is 22.1. The number of likely N-dealkylation sites (N-methyl/N-ethyl adjacent to an activating group) is 1. The van der Waals surface area contributed by atoms with E-state index in [9.17, 15) is 4.79 Å². The molecule has 1 saturated heterocycles. The van der Waals surface area contributed by atoms with Crippen LogP contribution >= 0.6 is 12.4 Å². The zero-order chi connectivity index (χ0) is 25.6. The van der Waals surface area contributed by atoms with Crippen molar-refractivity contribution >= 4 is 35.6 Å². The normalized spacial score (nSPS) is 13.6. The number of rotatable bonds is 7. The number of nitrogens with zero attached hydrogens (tertiary/aromatic N) is 5. The fourth-order valence-corrected chi connectivity index (χ4v) is 4.28. The number of benzene rings is 2. The second kappa shape index (κ2) is 13.8. The van der Waals surface area contributed by atoms with Gasteiger partial charge in [-0.25, -0.2) is 9.97 Å². The molecule has 1 fully saturated rings. The minimum absolute atomic E-state index is 0. The van der Waals surface area contributed by atoms with Crippen LogP contribution in [-0.2, 0) is 6.54 Å². The molecule has 0 aliphatic carbocycles. The van der Waals surface area contributed by atoms with Gasteiger partial charge in [-0.3, -0.25) is 14.7 Å². The SMILES string of the molecule is Cc1ccc(NC(=O)c2ccc(CN3CCN(C)CC3)cc2)cc1Nc1nccc(-c2cccnc2)n1.Cl.O. The summed E-state index contributed by atoms with van der Waals surface area (Å²) in [5, 5.41) is 6.29. The van der Waals surface area contributed by atoms with E-state index in [2.05, 4.69) is 42.4 Å². The lowest BCUT2D eigenvalue weighted by atomic mass is 10.1. The van der Waals surface area contributed by atoms with Crippen LogP contribution in [0, 0.1) is 6.92 Å². The van der Waals surface area contributed by atoms with Gasteiger partial charge in [-0.1, -0.05) is 18.2 Å². The van der Waals surface area contributed by atoms with Gasteiger partial charge < -0.3 is 21.0 Å². The summed E-state index contributed by atoms with van der Waals surface area (Å²) in [7, 11) is 2.16. The lowest BCUT2D eigenvalue weighted by Crippen LogP contribution is -2.43. The number of hydrogen-bond donors (Lipinski definition) is 2. The number of carbonyl (C=O) groups is 1. The maximum absolute atomic E-state index is 12.9. The Morgan fingerprint density at radius 2 is 1.74 bits per heavy atom. The van der Waals surface area contributed by atoms with E-state index in [4.69, 9.17) is 0 Å². The number of carbonyl (C=O) groups excluding carboxylic acids is 1. The lowest BCUT2D eigenvalue weighted by Gasteiger charge is -2.32. The highest BCUT2D eigenvalue weighted by molar-refractivity contribution is 6.04. The molecule has 39 heavy (non-hydrogen) atoms. The predicted molar refractivity (Wildman–Crippen MR) is 158 cm³/mol. The van der Waals surface area contributed by atoms with E-state index < -0.39 is 0 Å². The number of aromatic nitrogens is 3. The highest BCUT2D eigenvalue weighted by Crippen LogP contribution is 2.24. The van der Waals surface area contributed by atoms with Crippen LogP contribution in [0.5, 0.6) is 0 Å². The van der Waals surface area contributed by atoms with Crippen LogP contribution in [0.2, 0.25) is 0 Å². The third-order valence-corrected chi connectivity index (χ3v) is 6.57. The molecule has 0 spiro atoms. The highest BCUT2D eigenvalue weighted by Gasteiger charge is 2.14. The number of piperazine rings is 1. The summed E-state index contributed by atoms with van der Waals surface area (Å²) in [6.07, 6.45) is 5.22. The molecule has 4 aromatic rings. The number of halogens is 1. The van der Waals surface area contributed by atoms with Crippen molar-refractivity contribution in [2.45, 2.75) is 13.5 Å². The smallest absolute Gasteiger partial charge is 0.255 e. The predicted octanol–water partition coefficient (Wildman–Crippen LogP) is 4.19. The van der Waals surface area contributed by atoms with Gasteiger partial charge in [0, 0.05) is 73.8 Å². The van der Waals surface area contributed by atoms with E-state index in [1.165, 1.54) is 5.56 Å². The first-order chi connectivity index (χ1) is 18.0. The highest BCUT2D eigenvalue weighted by atomic mass is 35.5.